The average Bonchev–Trinajstić information content (AvgIpc) is 2.55. The topological polar surface area (TPSA) is 13.1 Å². The van der Waals surface area contributed by atoms with Crippen molar-refractivity contribution in [3.05, 3.63) is 24.2 Å². The van der Waals surface area contributed by atoms with Gasteiger partial charge in [0.2, 0.25) is 0 Å². The molecule has 2 nitrogen and oxygen atoms in total. The number of hydrogen-bond acceptors (Lipinski definition) is 1. The first-order chi connectivity index (χ1) is 6.53. The van der Waals surface area contributed by atoms with Crippen molar-refractivity contribution in [2.45, 2.75) is 20.3 Å². The average molecular weight is 196 g/mol. The van der Waals surface area contributed by atoms with Crippen LogP contribution in [0.4, 0.5) is 0 Å². The summed E-state index contributed by atoms with van der Waals surface area (Å²) >= 11 is 0. The van der Waals surface area contributed by atoms with Crippen LogP contribution in [0.25, 0.3) is 0 Å². The maximum absolute atomic E-state index is 5.35. The van der Waals surface area contributed by atoms with Gasteiger partial charge in [0, 0.05) is 12.3 Å². The Hall–Kier alpha value is -0.760. The Morgan fingerprint density at radius 3 is 2.64 bits per heavy atom. The van der Waals surface area contributed by atoms with E-state index in [4.69, 9.17) is 4.42 Å². The zero-order valence-corrected chi connectivity index (χ0v) is 9.79. The van der Waals surface area contributed by atoms with Crippen molar-refractivity contribution in [2.24, 2.45) is 5.92 Å². The van der Waals surface area contributed by atoms with E-state index < -0.39 is 0 Å². The van der Waals surface area contributed by atoms with Crippen LogP contribution in [-0.4, -0.2) is 31.7 Å². The van der Waals surface area contributed by atoms with Gasteiger partial charge in [-0.1, -0.05) is 6.92 Å². The Labute approximate surface area is 87.1 Å². The van der Waals surface area contributed by atoms with Gasteiger partial charge in [0.1, 0.15) is 5.76 Å². The highest BCUT2D eigenvalue weighted by Gasteiger charge is 2.17. The smallest absolute Gasteiger partial charge is 0.104 e. The standard InChI is InChI=1S/C12H22NO/c1-5-13(3,4)10-11(2)9-12-7-6-8-14-12/h6-8,11H,5,9-10H2,1-4H3/q+1. The molecule has 0 fully saturated rings. The maximum atomic E-state index is 5.35. The minimum atomic E-state index is 0.677. The summed E-state index contributed by atoms with van der Waals surface area (Å²) in [4.78, 5) is 0. The quantitative estimate of drug-likeness (QED) is 0.660. The van der Waals surface area contributed by atoms with Crippen molar-refractivity contribution in [1.29, 1.82) is 0 Å². The summed E-state index contributed by atoms with van der Waals surface area (Å²) in [6.07, 6.45) is 2.80. The summed E-state index contributed by atoms with van der Waals surface area (Å²) < 4.78 is 6.43. The van der Waals surface area contributed by atoms with E-state index in [1.807, 2.05) is 6.07 Å². The molecule has 0 spiro atoms. The summed E-state index contributed by atoms with van der Waals surface area (Å²) in [6, 6.07) is 4.02. The lowest BCUT2D eigenvalue weighted by Gasteiger charge is -2.30. The van der Waals surface area contributed by atoms with Gasteiger partial charge in [0.05, 0.1) is 33.4 Å². The van der Waals surface area contributed by atoms with E-state index in [2.05, 4.69) is 34.0 Å². The van der Waals surface area contributed by atoms with Gasteiger partial charge >= 0.3 is 0 Å². The van der Waals surface area contributed by atoms with Crippen molar-refractivity contribution >= 4 is 0 Å². The first kappa shape index (κ1) is 11.3. The lowest BCUT2D eigenvalue weighted by molar-refractivity contribution is -0.891. The monoisotopic (exact) mass is 196 g/mol. The third-order valence-corrected chi connectivity index (χ3v) is 2.79. The molecule has 0 bridgehead atoms. The lowest BCUT2D eigenvalue weighted by atomic mass is 10.1. The summed E-state index contributed by atoms with van der Waals surface area (Å²) in [5.41, 5.74) is 0. The zero-order chi connectivity index (χ0) is 10.6. The van der Waals surface area contributed by atoms with Crippen LogP contribution in [0, 0.1) is 5.92 Å². The molecule has 0 saturated heterocycles. The molecule has 1 aromatic heterocycles. The molecule has 80 valence electrons. The Bertz CT molecular complexity index is 251. The molecule has 0 N–H and O–H groups in total. The number of quaternary nitrogens is 1. The number of furan rings is 1. The fourth-order valence-corrected chi connectivity index (χ4v) is 1.81. The van der Waals surface area contributed by atoms with Gasteiger partial charge in [-0.05, 0) is 19.1 Å². The molecule has 1 aromatic rings. The Balaban J connectivity index is 2.40. The largest absolute Gasteiger partial charge is 0.469 e. The SMILES string of the molecule is CC[N+](C)(C)CC(C)Cc1ccco1. The van der Waals surface area contributed by atoms with Gasteiger partial charge in [-0.25, -0.2) is 0 Å². The second-order valence-electron chi connectivity index (χ2n) is 4.82. The zero-order valence-electron chi connectivity index (χ0n) is 9.79. The van der Waals surface area contributed by atoms with E-state index in [0.29, 0.717) is 5.92 Å². The van der Waals surface area contributed by atoms with Crippen molar-refractivity contribution in [2.75, 3.05) is 27.2 Å². The van der Waals surface area contributed by atoms with Crippen molar-refractivity contribution in [3.63, 3.8) is 0 Å². The molecule has 1 heterocycles. The van der Waals surface area contributed by atoms with Crippen molar-refractivity contribution in [3.8, 4) is 0 Å². The third-order valence-electron chi connectivity index (χ3n) is 2.79. The summed E-state index contributed by atoms with van der Waals surface area (Å²) in [7, 11) is 4.55. The van der Waals surface area contributed by atoms with Gasteiger partial charge in [0.15, 0.2) is 0 Å². The molecule has 2 heteroatoms. The summed E-state index contributed by atoms with van der Waals surface area (Å²) in [5, 5.41) is 0. The molecule has 14 heavy (non-hydrogen) atoms. The van der Waals surface area contributed by atoms with E-state index in [-0.39, 0.29) is 0 Å². The molecular formula is C12H22NO+. The second kappa shape index (κ2) is 4.65. The first-order valence-electron chi connectivity index (χ1n) is 5.38. The van der Waals surface area contributed by atoms with E-state index in [1.165, 1.54) is 13.1 Å². The van der Waals surface area contributed by atoms with Gasteiger partial charge in [0.25, 0.3) is 0 Å². The molecule has 0 aliphatic heterocycles. The molecule has 1 unspecified atom stereocenters. The van der Waals surface area contributed by atoms with E-state index in [0.717, 1.165) is 16.7 Å². The summed E-state index contributed by atoms with van der Waals surface area (Å²) in [5.74, 6) is 1.78. The highest BCUT2D eigenvalue weighted by atomic mass is 16.3. The summed E-state index contributed by atoms with van der Waals surface area (Å²) in [6.45, 7) is 6.91. The van der Waals surface area contributed by atoms with Crippen LogP contribution in [-0.2, 0) is 6.42 Å². The van der Waals surface area contributed by atoms with Crippen LogP contribution in [0.1, 0.15) is 19.6 Å². The molecule has 1 rings (SSSR count). The fourth-order valence-electron chi connectivity index (χ4n) is 1.81. The Morgan fingerprint density at radius 1 is 1.43 bits per heavy atom. The predicted octanol–water partition coefficient (Wildman–Crippen LogP) is 2.55. The predicted molar refractivity (Wildman–Crippen MR) is 59.1 cm³/mol. The van der Waals surface area contributed by atoms with Gasteiger partial charge in [-0.3, -0.25) is 0 Å². The van der Waals surface area contributed by atoms with Crippen LogP contribution in [0.3, 0.4) is 0 Å². The number of hydrogen-bond donors (Lipinski definition) is 0. The van der Waals surface area contributed by atoms with Crippen LogP contribution in [0.15, 0.2) is 22.8 Å². The normalized spacial score (nSPS) is 14.3. The van der Waals surface area contributed by atoms with Crippen molar-refractivity contribution in [1.82, 2.24) is 0 Å². The fraction of sp³-hybridized carbons (Fsp3) is 0.667. The Morgan fingerprint density at radius 2 is 2.14 bits per heavy atom. The van der Waals surface area contributed by atoms with Crippen LogP contribution in [0.2, 0.25) is 0 Å². The van der Waals surface area contributed by atoms with Crippen LogP contribution >= 0.6 is 0 Å². The third kappa shape index (κ3) is 3.54. The molecule has 0 amide bonds. The Kier molecular flexibility index (Phi) is 3.76. The van der Waals surface area contributed by atoms with E-state index in [9.17, 15) is 0 Å². The minimum Gasteiger partial charge on any atom is -0.469 e. The molecule has 0 aromatic carbocycles. The lowest BCUT2D eigenvalue weighted by Crippen LogP contribution is -2.42. The number of rotatable bonds is 5. The van der Waals surface area contributed by atoms with Gasteiger partial charge < -0.3 is 8.90 Å². The highest BCUT2D eigenvalue weighted by molar-refractivity contribution is 4.98. The van der Waals surface area contributed by atoms with Crippen molar-refractivity contribution < 1.29 is 8.90 Å². The molecular weight excluding hydrogens is 174 g/mol. The first-order valence-corrected chi connectivity index (χ1v) is 5.38. The van der Waals surface area contributed by atoms with Crippen LogP contribution < -0.4 is 0 Å². The molecule has 0 aliphatic carbocycles. The molecule has 0 saturated carbocycles. The van der Waals surface area contributed by atoms with E-state index in [1.54, 1.807) is 6.26 Å². The van der Waals surface area contributed by atoms with Gasteiger partial charge in [-0.2, -0.15) is 0 Å². The number of nitrogens with zero attached hydrogens (tertiary/aromatic N) is 1. The van der Waals surface area contributed by atoms with E-state index >= 15 is 0 Å². The minimum absolute atomic E-state index is 0.677. The molecule has 1 atom stereocenters. The van der Waals surface area contributed by atoms with Gasteiger partial charge in [-0.15, -0.1) is 0 Å². The second-order valence-corrected chi connectivity index (χ2v) is 4.82. The highest BCUT2D eigenvalue weighted by Crippen LogP contribution is 2.12. The molecule has 0 radical (unpaired) electrons. The molecule has 0 aliphatic rings. The maximum Gasteiger partial charge on any atom is 0.104 e. The van der Waals surface area contributed by atoms with Crippen LogP contribution in [0.5, 0.6) is 0 Å².